The molecule has 1 rings (SSSR count). The molecule has 0 saturated carbocycles. The van der Waals surface area contributed by atoms with Crippen molar-refractivity contribution >= 4 is 5.97 Å². The summed E-state index contributed by atoms with van der Waals surface area (Å²) in [6, 6.07) is 3.20. The minimum atomic E-state index is -0.619. The van der Waals surface area contributed by atoms with Crippen LogP contribution in [0.1, 0.15) is 36.0 Å². The van der Waals surface area contributed by atoms with E-state index in [1.54, 1.807) is 26.0 Å². The van der Waals surface area contributed by atoms with Crippen LogP contribution in [0.4, 0.5) is 0 Å². The number of hydrogen-bond donors (Lipinski definition) is 1. The minimum absolute atomic E-state index is 0.344. The van der Waals surface area contributed by atoms with E-state index in [9.17, 15) is 9.90 Å². The number of hydrogen-bond acceptors (Lipinski definition) is 4. The molecular weight excluding hydrogens is 182 g/mol. The molecule has 0 aliphatic rings. The van der Waals surface area contributed by atoms with Crippen LogP contribution in [0.15, 0.2) is 18.3 Å². The number of carbonyl (C=O) groups excluding carboxylic acids is 1. The summed E-state index contributed by atoms with van der Waals surface area (Å²) in [6.45, 7) is 3.71. The zero-order chi connectivity index (χ0) is 10.6. The maximum Gasteiger partial charge on any atom is 0.339 e. The van der Waals surface area contributed by atoms with Crippen molar-refractivity contribution in [2.75, 3.05) is 6.61 Å². The van der Waals surface area contributed by atoms with Crippen LogP contribution in [0.25, 0.3) is 0 Å². The number of aliphatic hydroxyl groups excluding tert-OH is 1. The van der Waals surface area contributed by atoms with E-state index < -0.39 is 12.1 Å². The first-order valence-electron chi connectivity index (χ1n) is 4.46. The van der Waals surface area contributed by atoms with Crippen molar-refractivity contribution in [2.45, 2.75) is 20.0 Å². The number of carbonyl (C=O) groups is 1. The Bertz CT molecular complexity index is 306. The first-order chi connectivity index (χ1) is 6.65. The molecular formula is C10H13NO3. The standard InChI is InChI=1S/C10H13NO3/c1-3-14-10(13)8-4-5-9(7(2)12)11-6-8/h4-7,12H,3H2,1-2H3/t7-/m1/s1. The van der Waals surface area contributed by atoms with Gasteiger partial charge in [-0.25, -0.2) is 4.79 Å². The molecule has 0 unspecified atom stereocenters. The van der Waals surface area contributed by atoms with Gasteiger partial charge in [0.05, 0.1) is 24.0 Å². The van der Waals surface area contributed by atoms with Crippen LogP contribution < -0.4 is 0 Å². The van der Waals surface area contributed by atoms with E-state index in [2.05, 4.69) is 4.98 Å². The Kier molecular flexibility index (Phi) is 3.59. The molecule has 0 aliphatic heterocycles. The number of pyridine rings is 1. The van der Waals surface area contributed by atoms with E-state index in [1.165, 1.54) is 6.20 Å². The van der Waals surface area contributed by atoms with Crippen molar-refractivity contribution < 1.29 is 14.6 Å². The molecule has 14 heavy (non-hydrogen) atoms. The zero-order valence-corrected chi connectivity index (χ0v) is 8.23. The lowest BCUT2D eigenvalue weighted by Crippen LogP contribution is -2.06. The Morgan fingerprint density at radius 2 is 2.36 bits per heavy atom. The summed E-state index contributed by atoms with van der Waals surface area (Å²) in [5.41, 5.74) is 0.939. The molecule has 0 bridgehead atoms. The Balaban J connectivity index is 2.78. The molecule has 4 heteroatoms. The number of aliphatic hydroxyl groups is 1. The van der Waals surface area contributed by atoms with Gasteiger partial charge in [-0.2, -0.15) is 0 Å². The predicted octanol–water partition coefficient (Wildman–Crippen LogP) is 1.31. The van der Waals surface area contributed by atoms with Crippen LogP contribution in [-0.2, 0) is 4.74 Å². The summed E-state index contributed by atoms with van der Waals surface area (Å²) in [6.07, 6.45) is 0.784. The van der Waals surface area contributed by atoms with E-state index in [1.807, 2.05) is 0 Å². The van der Waals surface area contributed by atoms with Gasteiger partial charge in [-0.15, -0.1) is 0 Å². The fourth-order valence-corrected chi connectivity index (χ4v) is 0.988. The zero-order valence-electron chi connectivity index (χ0n) is 8.23. The molecule has 0 aromatic carbocycles. The van der Waals surface area contributed by atoms with Crippen LogP contribution in [0.3, 0.4) is 0 Å². The van der Waals surface area contributed by atoms with Crippen molar-refractivity contribution in [1.82, 2.24) is 4.98 Å². The van der Waals surface area contributed by atoms with Gasteiger partial charge in [0, 0.05) is 6.20 Å². The van der Waals surface area contributed by atoms with E-state index in [0.717, 1.165) is 0 Å². The summed E-state index contributed by atoms with van der Waals surface area (Å²) in [7, 11) is 0. The quantitative estimate of drug-likeness (QED) is 0.739. The molecule has 4 nitrogen and oxygen atoms in total. The van der Waals surface area contributed by atoms with Crippen LogP contribution >= 0.6 is 0 Å². The van der Waals surface area contributed by atoms with Gasteiger partial charge in [0.1, 0.15) is 0 Å². The van der Waals surface area contributed by atoms with Crippen LogP contribution in [0.5, 0.6) is 0 Å². The maximum absolute atomic E-state index is 11.2. The van der Waals surface area contributed by atoms with Crippen molar-refractivity contribution in [2.24, 2.45) is 0 Å². The Hall–Kier alpha value is -1.42. The lowest BCUT2D eigenvalue weighted by molar-refractivity contribution is 0.0525. The molecule has 1 aromatic heterocycles. The highest BCUT2D eigenvalue weighted by atomic mass is 16.5. The van der Waals surface area contributed by atoms with Crippen molar-refractivity contribution in [1.29, 1.82) is 0 Å². The molecule has 0 radical (unpaired) electrons. The van der Waals surface area contributed by atoms with Crippen LogP contribution in [0, 0.1) is 0 Å². The molecule has 1 atom stereocenters. The molecule has 1 aromatic rings. The number of rotatable bonds is 3. The summed E-state index contributed by atoms with van der Waals surface area (Å²) < 4.78 is 4.79. The van der Waals surface area contributed by atoms with Crippen molar-refractivity contribution in [3.8, 4) is 0 Å². The van der Waals surface area contributed by atoms with Gasteiger partial charge in [0.15, 0.2) is 0 Å². The number of ether oxygens (including phenoxy) is 1. The second kappa shape index (κ2) is 4.72. The second-order valence-electron chi connectivity index (χ2n) is 2.87. The predicted molar refractivity (Wildman–Crippen MR) is 50.8 cm³/mol. The number of aromatic nitrogens is 1. The Morgan fingerprint density at radius 3 is 2.79 bits per heavy atom. The lowest BCUT2D eigenvalue weighted by Gasteiger charge is -2.04. The molecule has 0 aliphatic carbocycles. The normalized spacial score (nSPS) is 12.2. The fraction of sp³-hybridized carbons (Fsp3) is 0.400. The maximum atomic E-state index is 11.2. The fourth-order valence-electron chi connectivity index (χ4n) is 0.988. The topological polar surface area (TPSA) is 59.4 Å². The smallest absolute Gasteiger partial charge is 0.339 e. The highest BCUT2D eigenvalue weighted by molar-refractivity contribution is 5.88. The van der Waals surface area contributed by atoms with Gasteiger partial charge < -0.3 is 9.84 Å². The first kappa shape index (κ1) is 10.7. The molecule has 0 amide bonds. The van der Waals surface area contributed by atoms with Gasteiger partial charge in [-0.3, -0.25) is 4.98 Å². The van der Waals surface area contributed by atoms with Gasteiger partial charge >= 0.3 is 5.97 Å². The third-order valence-corrected chi connectivity index (χ3v) is 1.73. The summed E-state index contributed by atoms with van der Waals surface area (Å²) in [5.74, 6) is -0.392. The third-order valence-electron chi connectivity index (χ3n) is 1.73. The van der Waals surface area contributed by atoms with E-state index in [4.69, 9.17) is 4.74 Å². The first-order valence-corrected chi connectivity index (χ1v) is 4.46. The van der Waals surface area contributed by atoms with Crippen molar-refractivity contribution in [3.63, 3.8) is 0 Å². The van der Waals surface area contributed by atoms with E-state index in [0.29, 0.717) is 17.9 Å². The summed E-state index contributed by atoms with van der Waals surface area (Å²) >= 11 is 0. The van der Waals surface area contributed by atoms with Gasteiger partial charge in [0.25, 0.3) is 0 Å². The Labute approximate surface area is 82.5 Å². The van der Waals surface area contributed by atoms with Gasteiger partial charge in [-0.05, 0) is 26.0 Å². The molecule has 0 spiro atoms. The molecule has 0 saturated heterocycles. The van der Waals surface area contributed by atoms with E-state index >= 15 is 0 Å². The average molecular weight is 195 g/mol. The highest BCUT2D eigenvalue weighted by Gasteiger charge is 2.08. The number of esters is 1. The third kappa shape index (κ3) is 2.53. The lowest BCUT2D eigenvalue weighted by atomic mass is 10.2. The molecule has 1 N–H and O–H groups in total. The Morgan fingerprint density at radius 1 is 1.64 bits per heavy atom. The largest absolute Gasteiger partial charge is 0.462 e. The second-order valence-corrected chi connectivity index (χ2v) is 2.87. The van der Waals surface area contributed by atoms with Crippen molar-refractivity contribution in [3.05, 3.63) is 29.6 Å². The molecule has 76 valence electrons. The molecule has 1 heterocycles. The van der Waals surface area contributed by atoms with Crippen LogP contribution in [0.2, 0.25) is 0 Å². The van der Waals surface area contributed by atoms with Gasteiger partial charge in [0.2, 0.25) is 0 Å². The minimum Gasteiger partial charge on any atom is -0.462 e. The van der Waals surface area contributed by atoms with E-state index in [-0.39, 0.29) is 0 Å². The van der Waals surface area contributed by atoms with Gasteiger partial charge in [-0.1, -0.05) is 0 Å². The highest BCUT2D eigenvalue weighted by Crippen LogP contribution is 2.09. The summed E-state index contributed by atoms with van der Waals surface area (Å²) in [4.78, 5) is 15.1. The molecule has 0 fully saturated rings. The van der Waals surface area contributed by atoms with Crippen LogP contribution in [-0.4, -0.2) is 22.7 Å². The monoisotopic (exact) mass is 195 g/mol. The number of nitrogens with zero attached hydrogens (tertiary/aromatic N) is 1. The average Bonchev–Trinajstić information content (AvgIpc) is 2.18. The summed E-state index contributed by atoms with van der Waals surface area (Å²) in [5, 5.41) is 9.18. The SMILES string of the molecule is CCOC(=O)c1ccc([C@@H](C)O)nc1.